The van der Waals surface area contributed by atoms with Crippen LogP contribution in [0.25, 0.3) is 5.69 Å². The Bertz CT molecular complexity index is 971. The van der Waals surface area contributed by atoms with Crippen molar-refractivity contribution in [3.63, 3.8) is 0 Å². The Morgan fingerprint density at radius 1 is 1.00 bits per heavy atom. The van der Waals surface area contributed by atoms with Crippen LogP contribution in [0.2, 0.25) is 0 Å². The molecule has 1 amide bonds. The molecule has 30 heavy (non-hydrogen) atoms. The summed E-state index contributed by atoms with van der Waals surface area (Å²) >= 11 is 0. The van der Waals surface area contributed by atoms with E-state index in [2.05, 4.69) is 45.6 Å². The number of amides is 1. The minimum Gasteiger partial charge on any atom is -0.494 e. The third kappa shape index (κ3) is 4.48. The highest BCUT2D eigenvalue weighted by Gasteiger charge is 2.23. The van der Waals surface area contributed by atoms with E-state index in [0.717, 1.165) is 36.0 Å². The molecule has 0 saturated carbocycles. The smallest absolute Gasteiger partial charge is 0.227 e. The SMILES string of the molecule is CCOc1ccc(CC(=O)N2CCN(c3nccn3-c3ccc(C)cc3)CC2)cc1. The van der Waals surface area contributed by atoms with Gasteiger partial charge in [-0.05, 0) is 43.7 Å². The van der Waals surface area contributed by atoms with Gasteiger partial charge in [0.15, 0.2) is 0 Å². The van der Waals surface area contributed by atoms with Gasteiger partial charge >= 0.3 is 0 Å². The van der Waals surface area contributed by atoms with Gasteiger partial charge in [-0.3, -0.25) is 9.36 Å². The fraction of sp³-hybridized carbons (Fsp3) is 0.333. The Balaban J connectivity index is 1.35. The molecular weight excluding hydrogens is 376 g/mol. The second-order valence-corrected chi connectivity index (χ2v) is 7.55. The van der Waals surface area contributed by atoms with E-state index >= 15 is 0 Å². The minimum absolute atomic E-state index is 0.167. The maximum atomic E-state index is 12.7. The number of carbonyl (C=O) groups excluding carboxylic acids is 1. The summed E-state index contributed by atoms with van der Waals surface area (Å²) in [5.74, 6) is 1.93. The van der Waals surface area contributed by atoms with Gasteiger partial charge in [0.05, 0.1) is 13.0 Å². The maximum Gasteiger partial charge on any atom is 0.227 e. The summed E-state index contributed by atoms with van der Waals surface area (Å²) in [5.41, 5.74) is 3.35. The molecule has 6 heteroatoms. The Kier molecular flexibility index (Phi) is 6.02. The average molecular weight is 405 g/mol. The van der Waals surface area contributed by atoms with E-state index in [9.17, 15) is 4.79 Å². The van der Waals surface area contributed by atoms with Crippen molar-refractivity contribution in [1.82, 2.24) is 14.5 Å². The van der Waals surface area contributed by atoms with Gasteiger partial charge in [-0.1, -0.05) is 29.8 Å². The van der Waals surface area contributed by atoms with Crippen LogP contribution in [0.1, 0.15) is 18.1 Å². The largest absolute Gasteiger partial charge is 0.494 e. The fourth-order valence-corrected chi connectivity index (χ4v) is 3.75. The summed E-state index contributed by atoms with van der Waals surface area (Å²) in [4.78, 5) is 21.5. The van der Waals surface area contributed by atoms with Gasteiger partial charge in [-0.2, -0.15) is 0 Å². The number of anilines is 1. The van der Waals surface area contributed by atoms with Gasteiger partial charge in [0.1, 0.15) is 5.75 Å². The molecular formula is C24H28N4O2. The first-order valence-electron chi connectivity index (χ1n) is 10.5. The van der Waals surface area contributed by atoms with Gasteiger partial charge in [0.25, 0.3) is 0 Å². The van der Waals surface area contributed by atoms with Crippen LogP contribution in [0, 0.1) is 6.92 Å². The molecule has 0 aliphatic carbocycles. The van der Waals surface area contributed by atoms with Gasteiger partial charge in [-0.25, -0.2) is 4.98 Å². The number of imidazole rings is 1. The molecule has 2 heterocycles. The average Bonchev–Trinajstić information content (AvgIpc) is 3.26. The molecule has 0 bridgehead atoms. The van der Waals surface area contributed by atoms with Gasteiger partial charge in [0, 0.05) is 44.3 Å². The molecule has 3 aromatic rings. The van der Waals surface area contributed by atoms with E-state index in [4.69, 9.17) is 4.74 Å². The summed E-state index contributed by atoms with van der Waals surface area (Å²) in [6, 6.07) is 16.2. The third-order valence-corrected chi connectivity index (χ3v) is 5.44. The van der Waals surface area contributed by atoms with Crippen LogP contribution in [0.15, 0.2) is 60.9 Å². The van der Waals surface area contributed by atoms with E-state index in [0.29, 0.717) is 26.1 Å². The van der Waals surface area contributed by atoms with E-state index in [-0.39, 0.29) is 5.91 Å². The standard InChI is InChI=1S/C24H28N4O2/c1-3-30-22-10-6-20(7-11-22)18-23(29)26-14-16-27(17-15-26)24-25-12-13-28(24)21-8-4-19(2)5-9-21/h4-13H,3,14-18H2,1-2H3. The number of benzene rings is 2. The Morgan fingerprint density at radius 2 is 1.70 bits per heavy atom. The second kappa shape index (κ2) is 9.03. The van der Waals surface area contributed by atoms with Crippen LogP contribution >= 0.6 is 0 Å². The molecule has 1 saturated heterocycles. The van der Waals surface area contributed by atoms with Crippen molar-refractivity contribution < 1.29 is 9.53 Å². The first-order chi connectivity index (χ1) is 14.6. The highest BCUT2D eigenvalue weighted by molar-refractivity contribution is 5.79. The molecule has 0 atom stereocenters. The molecule has 6 nitrogen and oxygen atoms in total. The third-order valence-electron chi connectivity index (χ3n) is 5.44. The number of ether oxygens (including phenoxy) is 1. The lowest BCUT2D eigenvalue weighted by molar-refractivity contribution is -0.130. The predicted octanol–water partition coefficient (Wildman–Crippen LogP) is 3.47. The summed E-state index contributed by atoms with van der Waals surface area (Å²) in [5, 5.41) is 0. The van der Waals surface area contributed by atoms with Crippen molar-refractivity contribution >= 4 is 11.9 Å². The van der Waals surface area contributed by atoms with E-state index in [1.165, 1.54) is 5.56 Å². The monoisotopic (exact) mass is 404 g/mol. The summed E-state index contributed by atoms with van der Waals surface area (Å²) in [7, 11) is 0. The lowest BCUT2D eigenvalue weighted by Crippen LogP contribution is -2.49. The van der Waals surface area contributed by atoms with E-state index < -0.39 is 0 Å². The van der Waals surface area contributed by atoms with Crippen LogP contribution in [0.3, 0.4) is 0 Å². The molecule has 1 fully saturated rings. The number of hydrogen-bond acceptors (Lipinski definition) is 4. The second-order valence-electron chi connectivity index (χ2n) is 7.55. The van der Waals surface area contributed by atoms with Gasteiger partial charge in [-0.15, -0.1) is 0 Å². The first-order valence-corrected chi connectivity index (χ1v) is 10.5. The highest BCUT2D eigenvalue weighted by atomic mass is 16.5. The van der Waals surface area contributed by atoms with E-state index in [1.54, 1.807) is 0 Å². The highest BCUT2D eigenvalue weighted by Crippen LogP contribution is 2.20. The summed E-state index contributed by atoms with van der Waals surface area (Å²) < 4.78 is 7.58. The van der Waals surface area contributed by atoms with Gasteiger partial charge < -0.3 is 14.5 Å². The first kappa shape index (κ1) is 20.0. The van der Waals surface area contributed by atoms with Crippen molar-refractivity contribution in [1.29, 1.82) is 0 Å². The fourth-order valence-electron chi connectivity index (χ4n) is 3.75. The zero-order chi connectivity index (χ0) is 20.9. The number of piperazine rings is 1. The molecule has 4 rings (SSSR count). The Morgan fingerprint density at radius 3 is 2.37 bits per heavy atom. The predicted molar refractivity (Wildman–Crippen MR) is 118 cm³/mol. The van der Waals surface area contributed by atoms with Crippen molar-refractivity contribution in [3.05, 3.63) is 72.1 Å². The topological polar surface area (TPSA) is 50.6 Å². The van der Waals surface area contributed by atoms with Crippen LogP contribution in [0.5, 0.6) is 5.75 Å². The van der Waals surface area contributed by atoms with Crippen LogP contribution in [-0.2, 0) is 11.2 Å². The quantitative estimate of drug-likeness (QED) is 0.631. The molecule has 1 aliphatic rings. The van der Waals surface area contributed by atoms with Crippen LogP contribution in [0.4, 0.5) is 5.95 Å². The summed E-state index contributed by atoms with van der Waals surface area (Å²) in [6.45, 7) is 7.65. The van der Waals surface area contributed by atoms with Crippen molar-refractivity contribution in [2.45, 2.75) is 20.3 Å². The molecule has 1 aromatic heterocycles. The molecule has 2 aromatic carbocycles. The van der Waals surface area contributed by atoms with Gasteiger partial charge in [0.2, 0.25) is 11.9 Å². The molecule has 0 N–H and O–H groups in total. The van der Waals surface area contributed by atoms with Crippen LogP contribution in [-0.4, -0.2) is 53.1 Å². The Hall–Kier alpha value is -3.28. The number of nitrogens with zero attached hydrogens (tertiary/aromatic N) is 4. The Labute approximate surface area is 177 Å². The molecule has 0 radical (unpaired) electrons. The number of rotatable bonds is 6. The van der Waals surface area contributed by atoms with Crippen molar-refractivity contribution in [2.24, 2.45) is 0 Å². The normalized spacial score (nSPS) is 14.1. The van der Waals surface area contributed by atoms with E-state index in [1.807, 2.05) is 48.5 Å². The zero-order valence-electron chi connectivity index (χ0n) is 17.6. The number of carbonyl (C=O) groups is 1. The molecule has 156 valence electrons. The maximum absolute atomic E-state index is 12.7. The number of aryl methyl sites for hydroxylation is 1. The number of hydrogen-bond donors (Lipinski definition) is 0. The van der Waals surface area contributed by atoms with Crippen molar-refractivity contribution in [3.8, 4) is 11.4 Å². The van der Waals surface area contributed by atoms with Crippen molar-refractivity contribution in [2.75, 3.05) is 37.7 Å². The van der Waals surface area contributed by atoms with Crippen LogP contribution < -0.4 is 9.64 Å². The molecule has 0 unspecified atom stereocenters. The zero-order valence-corrected chi connectivity index (χ0v) is 17.6. The molecule has 1 aliphatic heterocycles. The lowest BCUT2D eigenvalue weighted by atomic mass is 10.1. The summed E-state index contributed by atoms with van der Waals surface area (Å²) in [6.07, 6.45) is 4.24. The molecule has 0 spiro atoms. The minimum atomic E-state index is 0.167. The number of aromatic nitrogens is 2. The lowest BCUT2D eigenvalue weighted by Gasteiger charge is -2.35.